The van der Waals surface area contributed by atoms with E-state index in [2.05, 4.69) is 34.8 Å². The molecule has 30 heavy (non-hydrogen) atoms. The maximum atomic E-state index is 12.1. The van der Waals surface area contributed by atoms with Crippen molar-refractivity contribution in [2.45, 2.75) is 52.7 Å². The number of hydrogen-bond acceptors (Lipinski definition) is 5. The Balaban J connectivity index is 2.53. The summed E-state index contributed by atoms with van der Waals surface area (Å²) in [7, 11) is 4.97. The van der Waals surface area contributed by atoms with Crippen molar-refractivity contribution in [3.05, 3.63) is 23.8 Å². The number of hydrogen-bond donors (Lipinski definition) is 3. The third-order valence-electron chi connectivity index (χ3n) is 4.37. The zero-order valence-electron chi connectivity index (χ0n) is 19.6. The Morgan fingerprint density at radius 2 is 1.77 bits per heavy atom. The molecule has 1 atom stereocenters. The lowest BCUT2D eigenvalue weighted by Gasteiger charge is -2.26. The van der Waals surface area contributed by atoms with E-state index in [1.807, 2.05) is 39.0 Å². The highest BCUT2D eigenvalue weighted by atomic mass is 16.6. The molecule has 0 aliphatic heterocycles. The largest absolute Gasteiger partial charge is 0.493 e. The fourth-order valence-corrected chi connectivity index (χ4v) is 2.70. The number of nitrogens with zero attached hydrogens (tertiary/aromatic N) is 1. The zero-order valence-corrected chi connectivity index (χ0v) is 19.6. The fraction of sp³-hybridized carbons (Fsp3) is 0.636. The number of methoxy groups -OCH3 is 2. The summed E-state index contributed by atoms with van der Waals surface area (Å²) in [5, 5.41) is 9.49. The first kappa shape index (κ1) is 25.4. The van der Waals surface area contributed by atoms with Gasteiger partial charge in [0.25, 0.3) is 0 Å². The van der Waals surface area contributed by atoms with E-state index in [0.29, 0.717) is 30.5 Å². The van der Waals surface area contributed by atoms with Crippen LogP contribution in [0.15, 0.2) is 23.2 Å². The second-order valence-corrected chi connectivity index (χ2v) is 8.32. The fourth-order valence-electron chi connectivity index (χ4n) is 2.70. The van der Waals surface area contributed by atoms with Gasteiger partial charge in [-0.1, -0.05) is 19.9 Å². The highest BCUT2D eigenvalue weighted by molar-refractivity contribution is 5.79. The molecule has 0 spiro atoms. The van der Waals surface area contributed by atoms with Crippen LogP contribution in [0.2, 0.25) is 0 Å². The molecule has 0 bridgehead atoms. The molecule has 8 heteroatoms. The number of carbonyl (C=O) groups excluding carboxylic acids is 1. The van der Waals surface area contributed by atoms with Crippen LogP contribution in [0.5, 0.6) is 11.5 Å². The van der Waals surface area contributed by atoms with Crippen LogP contribution in [0.3, 0.4) is 0 Å². The molecule has 1 rings (SSSR count). The molecule has 0 aliphatic rings. The average Bonchev–Trinajstić information content (AvgIpc) is 2.67. The van der Waals surface area contributed by atoms with Crippen molar-refractivity contribution < 1.29 is 19.0 Å². The predicted octanol–water partition coefficient (Wildman–Crippen LogP) is 2.96. The van der Waals surface area contributed by atoms with Gasteiger partial charge in [0.1, 0.15) is 5.60 Å². The number of alkyl carbamates (subject to hydrolysis) is 1. The van der Waals surface area contributed by atoms with Gasteiger partial charge in [-0.3, -0.25) is 4.99 Å². The smallest absolute Gasteiger partial charge is 0.407 e. The van der Waals surface area contributed by atoms with Gasteiger partial charge in [-0.15, -0.1) is 0 Å². The van der Waals surface area contributed by atoms with E-state index in [9.17, 15) is 4.79 Å². The number of benzene rings is 1. The minimum Gasteiger partial charge on any atom is -0.493 e. The highest BCUT2D eigenvalue weighted by Gasteiger charge is 2.21. The molecular weight excluding hydrogens is 384 g/mol. The molecule has 0 heterocycles. The topological polar surface area (TPSA) is 93.2 Å². The Morgan fingerprint density at radius 3 is 2.30 bits per heavy atom. The van der Waals surface area contributed by atoms with Crippen molar-refractivity contribution in [3.8, 4) is 11.5 Å². The van der Waals surface area contributed by atoms with Crippen LogP contribution < -0.4 is 25.4 Å². The summed E-state index contributed by atoms with van der Waals surface area (Å²) in [6, 6.07) is 5.79. The summed E-state index contributed by atoms with van der Waals surface area (Å²) >= 11 is 0. The van der Waals surface area contributed by atoms with Crippen molar-refractivity contribution in [3.63, 3.8) is 0 Å². The van der Waals surface area contributed by atoms with Crippen LogP contribution in [0.1, 0.15) is 40.2 Å². The summed E-state index contributed by atoms with van der Waals surface area (Å²) in [6.45, 7) is 10.9. The highest BCUT2D eigenvalue weighted by Crippen LogP contribution is 2.27. The molecular formula is C22H38N4O4. The van der Waals surface area contributed by atoms with Crippen molar-refractivity contribution in [2.24, 2.45) is 10.9 Å². The molecule has 1 unspecified atom stereocenters. The summed E-state index contributed by atoms with van der Waals surface area (Å²) in [5.74, 6) is 2.33. The Bertz CT molecular complexity index is 699. The third-order valence-corrected chi connectivity index (χ3v) is 4.37. The van der Waals surface area contributed by atoms with Gasteiger partial charge in [0.15, 0.2) is 17.5 Å². The first-order valence-corrected chi connectivity index (χ1v) is 10.2. The lowest BCUT2D eigenvalue weighted by molar-refractivity contribution is 0.0491. The number of guanidine groups is 1. The van der Waals surface area contributed by atoms with Gasteiger partial charge >= 0.3 is 6.09 Å². The number of ether oxygens (including phenoxy) is 3. The van der Waals surface area contributed by atoms with Gasteiger partial charge in [-0.2, -0.15) is 0 Å². The van der Waals surface area contributed by atoms with Crippen LogP contribution in [-0.2, 0) is 11.2 Å². The Hall–Kier alpha value is -2.64. The zero-order chi connectivity index (χ0) is 22.7. The van der Waals surface area contributed by atoms with Gasteiger partial charge in [0, 0.05) is 20.1 Å². The van der Waals surface area contributed by atoms with Crippen LogP contribution >= 0.6 is 0 Å². The average molecular weight is 423 g/mol. The van der Waals surface area contributed by atoms with Crippen LogP contribution in [0.25, 0.3) is 0 Å². The number of amides is 1. The molecule has 0 saturated heterocycles. The van der Waals surface area contributed by atoms with Crippen molar-refractivity contribution in [1.29, 1.82) is 0 Å². The Kier molecular flexibility index (Phi) is 10.3. The van der Waals surface area contributed by atoms with Gasteiger partial charge in [0.2, 0.25) is 0 Å². The van der Waals surface area contributed by atoms with Crippen LogP contribution in [-0.4, -0.2) is 58.1 Å². The maximum Gasteiger partial charge on any atom is 0.407 e. The Labute approximate surface area is 180 Å². The van der Waals surface area contributed by atoms with Gasteiger partial charge in [0.05, 0.1) is 20.3 Å². The first-order valence-electron chi connectivity index (χ1n) is 10.2. The minimum absolute atomic E-state index is 0.0933. The molecule has 1 aromatic rings. The minimum atomic E-state index is -0.527. The van der Waals surface area contributed by atoms with E-state index in [1.165, 1.54) is 0 Å². The van der Waals surface area contributed by atoms with E-state index in [4.69, 9.17) is 14.2 Å². The second-order valence-electron chi connectivity index (χ2n) is 8.32. The molecule has 8 nitrogen and oxygen atoms in total. The summed E-state index contributed by atoms with van der Waals surface area (Å²) in [4.78, 5) is 16.3. The molecule has 0 aromatic heterocycles. The van der Waals surface area contributed by atoms with E-state index >= 15 is 0 Å². The molecule has 0 fully saturated rings. The maximum absolute atomic E-state index is 12.1. The molecule has 3 N–H and O–H groups in total. The quantitative estimate of drug-likeness (QED) is 0.419. The van der Waals surface area contributed by atoms with Gasteiger partial charge < -0.3 is 30.2 Å². The SMILES string of the molecule is CN=C(NCCc1ccc(OC)c(OC)c1)NCC(NC(=O)OC(C)(C)C)C(C)C. The lowest BCUT2D eigenvalue weighted by atomic mass is 10.0. The van der Waals surface area contributed by atoms with E-state index < -0.39 is 11.7 Å². The monoisotopic (exact) mass is 422 g/mol. The number of rotatable bonds is 9. The molecule has 170 valence electrons. The standard InChI is InChI=1S/C22H38N4O4/c1-15(2)17(26-21(27)30-22(3,4)5)14-25-20(23-6)24-12-11-16-9-10-18(28-7)19(13-16)29-8/h9-10,13,15,17H,11-12,14H2,1-8H3,(H,26,27)(H2,23,24,25). The summed E-state index contributed by atoms with van der Waals surface area (Å²) < 4.78 is 16.0. The van der Waals surface area contributed by atoms with Crippen molar-refractivity contribution >= 4 is 12.1 Å². The third kappa shape index (κ3) is 9.24. The van der Waals surface area contributed by atoms with Crippen molar-refractivity contribution in [2.75, 3.05) is 34.4 Å². The first-order chi connectivity index (χ1) is 14.1. The second kappa shape index (κ2) is 12.1. The van der Waals surface area contributed by atoms with Gasteiger partial charge in [-0.05, 0) is 50.8 Å². The van der Waals surface area contributed by atoms with Crippen LogP contribution in [0, 0.1) is 5.92 Å². The van der Waals surface area contributed by atoms with Crippen LogP contribution in [0.4, 0.5) is 4.79 Å². The molecule has 0 aliphatic carbocycles. The van der Waals surface area contributed by atoms with E-state index in [0.717, 1.165) is 12.0 Å². The number of aliphatic imine (C=N–C) groups is 1. The summed E-state index contributed by atoms with van der Waals surface area (Å²) in [6.07, 6.45) is 0.379. The predicted molar refractivity (Wildman–Crippen MR) is 121 cm³/mol. The molecule has 0 saturated carbocycles. The summed E-state index contributed by atoms with van der Waals surface area (Å²) in [5.41, 5.74) is 0.600. The molecule has 1 aromatic carbocycles. The van der Waals surface area contributed by atoms with E-state index in [1.54, 1.807) is 21.3 Å². The van der Waals surface area contributed by atoms with E-state index in [-0.39, 0.29) is 12.0 Å². The molecule has 0 radical (unpaired) electrons. The Morgan fingerprint density at radius 1 is 1.10 bits per heavy atom. The van der Waals surface area contributed by atoms with Crippen molar-refractivity contribution in [1.82, 2.24) is 16.0 Å². The number of carbonyl (C=O) groups is 1. The number of nitrogens with one attached hydrogen (secondary N) is 3. The molecule has 1 amide bonds. The lowest BCUT2D eigenvalue weighted by Crippen LogP contribution is -2.50. The van der Waals surface area contributed by atoms with Gasteiger partial charge in [-0.25, -0.2) is 4.79 Å². The normalized spacial score (nSPS) is 12.9.